The Morgan fingerprint density at radius 1 is 1.50 bits per heavy atom. The number of carbonyl (C=O) groups is 1. The molecule has 0 fully saturated rings. The van der Waals surface area contributed by atoms with Gasteiger partial charge in [-0.1, -0.05) is 13.0 Å². The minimum Gasteiger partial charge on any atom is -0.497 e. The number of carbonyl (C=O) groups excluding carboxylic acids is 1. The maximum absolute atomic E-state index is 11.5. The standard InChI is InChI=1S/C11H13NO2/c1-3-10-8-5-4-7(14-2)6-9(8)11(13)12-10/h4-6,10H,3H2,1-2H3,(H,12,13). The molecule has 1 amide bonds. The molecule has 1 aliphatic rings. The quantitative estimate of drug-likeness (QED) is 0.775. The number of benzene rings is 1. The van der Waals surface area contributed by atoms with E-state index in [1.54, 1.807) is 13.2 Å². The minimum absolute atomic E-state index is 0.00532. The van der Waals surface area contributed by atoms with Gasteiger partial charge in [0.1, 0.15) is 5.75 Å². The van der Waals surface area contributed by atoms with Crippen molar-refractivity contribution in [2.24, 2.45) is 0 Å². The maximum Gasteiger partial charge on any atom is 0.252 e. The lowest BCUT2D eigenvalue weighted by atomic mass is 10.0. The number of hydrogen-bond donors (Lipinski definition) is 1. The molecule has 1 N–H and O–H groups in total. The normalized spacial score (nSPS) is 19.0. The number of rotatable bonds is 2. The predicted octanol–water partition coefficient (Wildman–Crippen LogP) is 1.89. The summed E-state index contributed by atoms with van der Waals surface area (Å²) in [6.07, 6.45) is 0.922. The van der Waals surface area contributed by atoms with Gasteiger partial charge in [0.05, 0.1) is 13.2 Å². The first-order chi connectivity index (χ1) is 6.76. The Hall–Kier alpha value is -1.51. The largest absolute Gasteiger partial charge is 0.497 e. The van der Waals surface area contributed by atoms with Crippen LogP contribution in [0.2, 0.25) is 0 Å². The SMILES string of the molecule is CCC1NC(=O)c2cc(OC)ccc21. The van der Waals surface area contributed by atoms with Crippen molar-refractivity contribution < 1.29 is 9.53 Å². The van der Waals surface area contributed by atoms with E-state index in [-0.39, 0.29) is 11.9 Å². The molecule has 0 radical (unpaired) electrons. The van der Waals surface area contributed by atoms with E-state index in [2.05, 4.69) is 12.2 Å². The second kappa shape index (κ2) is 3.33. The van der Waals surface area contributed by atoms with Gasteiger partial charge in [0.15, 0.2) is 0 Å². The number of hydrogen-bond acceptors (Lipinski definition) is 2. The van der Waals surface area contributed by atoms with Crippen LogP contribution in [0.25, 0.3) is 0 Å². The molecule has 2 rings (SSSR count). The van der Waals surface area contributed by atoms with E-state index in [0.29, 0.717) is 0 Å². The van der Waals surface area contributed by atoms with Crippen molar-refractivity contribution in [3.8, 4) is 5.75 Å². The van der Waals surface area contributed by atoms with Crippen molar-refractivity contribution >= 4 is 5.91 Å². The minimum atomic E-state index is 0.00532. The molecular formula is C11H13NO2. The van der Waals surface area contributed by atoms with Crippen LogP contribution in [0.4, 0.5) is 0 Å². The Labute approximate surface area is 83.1 Å². The zero-order valence-corrected chi connectivity index (χ0v) is 8.33. The second-order valence-electron chi connectivity index (χ2n) is 3.39. The maximum atomic E-state index is 11.5. The van der Waals surface area contributed by atoms with Gasteiger partial charge in [-0.3, -0.25) is 4.79 Å². The summed E-state index contributed by atoms with van der Waals surface area (Å²) in [5.74, 6) is 0.737. The Morgan fingerprint density at radius 3 is 2.93 bits per heavy atom. The lowest BCUT2D eigenvalue weighted by molar-refractivity contribution is 0.0955. The summed E-state index contributed by atoms with van der Waals surface area (Å²) in [6, 6.07) is 5.81. The summed E-state index contributed by atoms with van der Waals surface area (Å²) in [6.45, 7) is 2.06. The van der Waals surface area contributed by atoms with Gasteiger partial charge in [-0.15, -0.1) is 0 Å². The molecule has 1 aromatic carbocycles. The molecular weight excluding hydrogens is 178 g/mol. The highest BCUT2D eigenvalue weighted by molar-refractivity contribution is 5.99. The van der Waals surface area contributed by atoms with E-state index < -0.39 is 0 Å². The van der Waals surface area contributed by atoms with Gasteiger partial charge in [0.25, 0.3) is 5.91 Å². The average molecular weight is 191 g/mol. The van der Waals surface area contributed by atoms with Crippen LogP contribution in [0.15, 0.2) is 18.2 Å². The van der Waals surface area contributed by atoms with E-state index in [0.717, 1.165) is 23.3 Å². The lowest BCUT2D eigenvalue weighted by Gasteiger charge is -2.07. The molecule has 1 heterocycles. The predicted molar refractivity (Wildman–Crippen MR) is 53.5 cm³/mol. The zero-order chi connectivity index (χ0) is 10.1. The topological polar surface area (TPSA) is 38.3 Å². The molecule has 1 atom stereocenters. The van der Waals surface area contributed by atoms with Crippen molar-refractivity contribution in [1.82, 2.24) is 5.32 Å². The van der Waals surface area contributed by atoms with E-state index in [9.17, 15) is 4.79 Å². The van der Waals surface area contributed by atoms with Crippen LogP contribution in [0.3, 0.4) is 0 Å². The fraction of sp³-hybridized carbons (Fsp3) is 0.364. The van der Waals surface area contributed by atoms with E-state index >= 15 is 0 Å². The summed E-state index contributed by atoms with van der Waals surface area (Å²) in [5.41, 5.74) is 1.83. The van der Waals surface area contributed by atoms with Gasteiger partial charge in [-0.05, 0) is 24.1 Å². The lowest BCUT2D eigenvalue weighted by Crippen LogP contribution is -2.17. The molecule has 74 valence electrons. The van der Waals surface area contributed by atoms with Crippen molar-refractivity contribution in [1.29, 1.82) is 0 Å². The van der Waals surface area contributed by atoms with Gasteiger partial charge in [0.2, 0.25) is 0 Å². The Kier molecular flexibility index (Phi) is 2.15. The van der Waals surface area contributed by atoms with Crippen molar-refractivity contribution in [3.63, 3.8) is 0 Å². The number of nitrogens with one attached hydrogen (secondary N) is 1. The van der Waals surface area contributed by atoms with Crippen molar-refractivity contribution in [2.75, 3.05) is 7.11 Å². The fourth-order valence-electron chi connectivity index (χ4n) is 1.80. The molecule has 0 saturated heterocycles. The number of fused-ring (bicyclic) bond motifs is 1. The van der Waals surface area contributed by atoms with Crippen molar-refractivity contribution in [3.05, 3.63) is 29.3 Å². The Morgan fingerprint density at radius 2 is 2.29 bits per heavy atom. The summed E-state index contributed by atoms with van der Waals surface area (Å²) in [7, 11) is 1.60. The van der Waals surface area contributed by atoms with E-state index in [1.807, 2.05) is 12.1 Å². The molecule has 1 aliphatic heterocycles. The smallest absolute Gasteiger partial charge is 0.252 e. The van der Waals surface area contributed by atoms with Crippen LogP contribution in [0.5, 0.6) is 5.75 Å². The molecule has 1 unspecified atom stereocenters. The molecule has 3 nitrogen and oxygen atoms in total. The van der Waals surface area contributed by atoms with E-state index in [1.165, 1.54) is 0 Å². The van der Waals surface area contributed by atoms with Crippen molar-refractivity contribution in [2.45, 2.75) is 19.4 Å². The molecule has 0 saturated carbocycles. The molecule has 14 heavy (non-hydrogen) atoms. The first-order valence-corrected chi connectivity index (χ1v) is 4.75. The van der Waals surface area contributed by atoms with Gasteiger partial charge < -0.3 is 10.1 Å². The molecule has 3 heteroatoms. The third kappa shape index (κ3) is 1.25. The number of methoxy groups -OCH3 is 1. The zero-order valence-electron chi connectivity index (χ0n) is 8.33. The summed E-state index contributed by atoms with van der Waals surface area (Å²) in [5, 5.41) is 2.93. The molecule has 0 spiro atoms. The highest BCUT2D eigenvalue weighted by Crippen LogP contribution is 2.30. The van der Waals surface area contributed by atoms with Crippen LogP contribution in [0.1, 0.15) is 35.3 Å². The average Bonchev–Trinajstić information content (AvgIpc) is 2.55. The highest BCUT2D eigenvalue weighted by atomic mass is 16.5. The summed E-state index contributed by atoms with van der Waals surface area (Å²) in [4.78, 5) is 11.5. The first kappa shape index (κ1) is 9.06. The van der Waals surface area contributed by atoms with Crippen LogP contribution >= 0.6 is 0 Å². The third-order valence-corrected chi connectivity index (χ3v) is 2.59. The van der Waals surface area contributed by atoms with Gasteiger partial charge >= 0.3 is 0 Å². The van der Waals surface area contributed by atoms with E-state index in [4.69, 9.17) is 4.74 Å². The van der Waals surface area contributed by atoms with Gasteiger partial charge in [-0.25, -0.2) is 0 Å². The van der Waals surface area contributed by atoms with Gasteiger partial charge in [0, 0.05) is 5.56 Å². The Balaban J connectivity index is 2.46. The van der Waals surface area contributed by atoms with Crippen LogP contribution in [0, 0.1) is 0 Å². The molecule has 0 aromatic heterocycles. The first-order valence-electron chi connectivity index (χ1n) is 4.75. The third-order valence-electron chi connectivity index (χ3n) is 2.59. The fourth-order valence-corrected chi connectivity index (χ4v) is 1.80. The highest BCUT2D eigenvalue weighted by Gasteiger charge is 2.27. The van der Waals surface area contributed by atoms with Crippen LogP contribution < -0.4 is 10.1 Å². The Bertz CT molecular complexity index is 374. The summed E-state index contributed by atoms with van der Waals surface area (Å²) < 4.78 is 5.08. The number of ether oxygens (including phenoxy) is 1. The molecule has 1 aromatic rings. The monoisotopic (exact) mass is 191 g/mol. The van der Waals surface area contributed by atoms with Crippen LogP contribution in [-0.4, -0.2) is 13.0 Å². The summed E-state index contributed by atoms with van der Waals surface area (Å²) >= 11 is 0. The second-order valence-corrected chi connectivity index (χ2v) is 3.39. The molecule has 0 bridgehead atoms. The number of amides is 1. The molecule has 0 aliphatic carbocycles. The van der Waals surface area contributed by atoms with Gasteiger partial charge in [-0.2, -0.15) is 0 Å². The van der Waals surface area contributed by atoms with Crippen LogP contribution in [-0.2, 0) is 0 Å².